The standard InChI is InChI=1S/C21H27N2.C13H10.C5H5.Zr/c1-5-22(6-2)18-9-11-20-16(14-18)13-17-15-19(10-12-21(17)20)23(7-3)8-4;1-3-7-12(8-4-1)11-13-9-5-2-6-10-13;1-2-4-5-3-1;/h9-12,14H,5-8,13H2,1-4H3;1-10H;1-3H,4H2;/q-1;;-1;+2. The molecule has 2 aliphatic carbocycles. The second kappa shape index (κ2) is 16.4. The first kappa shape index (κ1) is 31.6. The molecule has 0 saturated carbocycles. The predicted molar refractivity (Wildman–Crippen MR) is 178 cm³/mol. The predicted octanol–water partition coefficient (Wildman–Crippen LogP) is 8.86. The zero-order valence-corrected chi connectivity index (χ0v) is 28.0. The topological polar surface area (TPSA) is 6.48 Å². The van der Waals surface area contributed by atoms with Crippen molar-refractivity contribution in [1.82, 2.24) is 0 Å². The Balaban J connectivity index is 0.000000179. The SMILES string of the molecule is CCN(CC)c1[c-]c2c(cc1)-c1ccc(N(CC)CC)cc1C2.[C-]1=CC=CC1.[Zr+2]=[C](c1ccccc1)c1ccccc1. The van der Waals surface area contributed by atoms with Crippen molar-refractivity contribution in [3.8, 4) is 11.1 Å². The quantitative estimate of drug-likeness (QED) is 0.158. The summed E-state index contributed by atoms with van der Waals surface area (Å²) in [6.45, 7) is 13.0. The average Bonchev–Trinajstić information content (AvgIpc) is 3.75. The Morgan fingerprint density at radius 2 is 1.31 bits per heavy atom. The van der Waals surface area contributed by atoms with Crippen molar-refractivity contribution in [2.45, 2.75) is 40.5 Å². The fraction of sp³-hybridized carbons (Fsp3) is 0.256. The number of rotatable bonds is 8. The van der Waals surface area contributed by atoms with E-state index in [-0.39, 0.29) is 0 Å². The number of allylic oxidation sites excluding steroid dienone is 4. The molecule has 0 amide bonds. The zero-order valence-electron chi connectivity index (χ0n) is 25.5. The second-order valence-electron chi connectivity index (χ2n) is 10.2. The normalized spacial score (nSPS) is 12.0. The van der Waals surface area contributed by atoms with Gasteiger partial charge in [-0.05, 0) is 51.8 Å². The first-order valence-corrected chi connectivity index (χ1v) is 16.4. The van der Waals surface area contributed by atoms with Gasteiger partial charge in [0, 0.05) is 31.9 Å². The summed E-state index contributed by atoms with van der Waals surface area (Å²) >= 11 is 1.46. The molecule has 4 aromatic carbocycles. The van der Waals surface area contributed by atoms with E-state index in [0.717, 1.165) is 39.0 Å². The van der Waals surface area contributed by atoms with Gasteiger partial charge in [0.25, 0.3) is 0 Å². The molecule has 3 heteroatoms. The number of hydrogen-bond donors (Lipinski definition) is 0. The number of nitrogens with zero attached hydrogens (tertiary/aromatic N) is 2. The van der Waals surface area contributed by atoms with Crippen LogP contribution in [0.2, 0.25) is 0 Å². The third kappa shape index (κ3) is 8.17. The maximum atomic E-state index is 3.66. The molecule has 0 heterocycles. The molecule has 0 aliphatic heterocycles. The summed E-state index contributed by atoms with van der Waals surface area (Å²) < 4.78 is 1.42. The third-order valence-corrected chi connectivity index (χ3v) is 9.12. The van der Waals surface area contributed by atoms with E-state index in [2.05, 4.69) is 147 Å². The van der Waals surface area contributed by atoms with Gasteiger partial charge in [0.1, 0.15) is 0 Å². The van der Waals surface area contributed by atoms with Crippen molar-refractivity contribution in [2.75, 3.05) is 36.0 Å². The van der Waals surface area contributed by atoms with Gasteiger partial charge >= 0.3 is 99.2 Å². The molecule has 0 atom stereocenters. The van der Waals surface area contributed by atoms with Gasteiger partial charge in [0.05, 0.1) is 0 Å². The molecule has 0 saturated heterocycles. The van der Waals surface area contributed by atoms with E-state index in [0.29, 0.717) is 0 Å². The third-order valence-electron chi connectivity index (χ3n) is 7.70. The van der Waals surface area contributed by atoms with Crippen LogP contribution >= 0.6 is 0 Å². The van der Waals surface area contributed by atoms with Gasteiger partial charge in [0.15, 0.2) is 0 Å². The molecule has 0 bridgehead atoms. The van der Waals surface area contributed by atoms with Crippen LogP contribution in [-0.4, -0.2) is 29.4 Å². The molecule has 212 valence electrons. The van der Waals surface area contributed by atoms with Crippen LogP contribution in [0, 0.1) is 12.1 Å². The van der Waals surface area contributed by atoms with E-state index in [1.165, 1.54) is 72.2 Å². The molecule has 0 radical (unpaired) electrons. The molecule has 0 fully saturated rings. The van der Waals surface area contributed by atoms with E-state index in [9.17, 15) is 0 Å². The Morgan fingerprint density at radius 3 is 1.81 bits per heavy atom. The van der Waals surface area contributed by atoms with Gasteiger partial charge in [-0.15, -0.1) is 23.6 Å². The van der Waals surface area contributed by atoms with Crippen LogP contribution in [0.4, 0.5) is 11.4 Å². The van der Waals surface area contributed by atoms with Gasteiger partial charge in [-0.1, -0.05) is 17.3 Å². The first-order valence-electron chi connectivity index (χ1n) is 15.2. The van der Waals surface area contributed by atoms with Gasteiger partial charge < -0.3 is 9.80 Å². The Labute approximate surface area is 268 Å². The van der Waals surface area contributed by atoms with Gasteiger partial charge in [0.2, 0.25) is 0 Å². The molecular weight excluding hydrogens is 588 g/mol. The van der Waals surface area contributed by atoms with Gasteiger partial charge in [-0.3, -0.25) is 6.08 Å². The summed E-state index contributed by atoms with van der Waals surface area (Å²) in [7, 11) is 0. The van der Waals surface area contributed by atoms with E-state index >= 15 is 0 Å². The van der Waals surface area contributed by atoms with Gasteiger partial charge in [-0.25, -0.2) is 12.2 Å². The average molecular weight is 630 g/mol. The van der Waals surface area contributed by atoms with E-state index in [1.54, 1.807) is 0 Å². The van der Waals surface area contributed by atoms with Crippen LogP contribution in [0.15, 0.2) is 109 Å². The number of benzene rings is 4. The minimum absolute atomic E-state index is 1.01. The molecule has 42 heavy (non-hydrogen) atoms. The van der Waals surface area contributed by atoms with Gasteiger partial charge in [-0.2, -0.15) is 18.2 Å². The Bertz CT molecular complexity index is 1370. The summed E-state index contributed by atoms with van der Waals surface area (Å²) in [6, 6.07) is 36.2. The van der Waals surface area contributed by atoms with Crippen LogP contribution in [0.5, 0.6) is 0 Å². The zero-order chi connectivity index (χ0) is 29.7. The van der Waals surface area contributed by atoms with Crippen molar-refractivity contribution in [2.24, 2.45) is 0 Å². The van der Waals surface area contributed by atoms with Crippen LogP contribution in [0.3, 0.4) is 0 Å². The van der Waals surface area contributed by atoms with Crippen LogP contribution < -0.4 is 9.80 Å². The monoisotopic (exact) mass is 628 g/mol. The van der Waals surface area contributed by atoms with Crippen molar-refractivity contribution in [3.05, 3.63) is 144 Å². The maximum absolute atomic E-state index is 3.66. The Morgan fingerprint density at radius 1 is 0.714 bits per heavy atom. The van der Waals surface area contributed by atoms with E-state index in [4.69, 9.17) is 0 Å². The molecule has 0 aromatic heterocycles. The summed E-state index contributed by atoms with van der Waals surface area (Å²) in [5.74, 6) is 0. The van der Waals surface area contributed by atoms with Crippen LogP contribution in [-0.2, 0) is 30.7 Å². The fourth-order valence-corrected chi connectivity index (χ4v) is 6.17. The van der Waals surface area contributed by atoms with Crippen molar-refractivity contribution in [3.63, 3.8) is 0 Å². The molecule has 0 N–H and O–H groups in total. The van der Waals surface area contributed by atoms with Crippen LogP contribution in [0.1, 0.15) is 56.4 Å². The van der Waals surface area contributed by atoms with E-state index in [1.807, 2.05) is 12.2 Å². The van der Waals surface area contributed by atoms with E-state index < -0.39 is 0 Å². The Kier molecular flexibility index (Phi) is 12.3. The second-order valence-corrected chi connectivity index (χ2v) is 11.4. The molecule has 2 nitrogen and oxygen atoms in total. The number of anilines is 2. The van der Waals surface area contributed by atoms with Crippen molar-refractivity contribution < 1.29 is 24.2 Å². The van der Waals surface area contributed by atoms with Crippen molar-refractivity contribution in [1.29, 1.82) is 0 Å². The molecule has 0 unspecified atom stereocenters. The molecule has 0 spiro atoms. The number of fused-ring (bicyclic) bond motifs is 3. The summed E-state index contributed by atoms with van der Waals surface area (Å²) in [5, 5.41) is 0. The number of hydrogen-bond acceptors (Lipinski definition) is 2. The minimum atomic E-state index is 1.01. The van der Waals surface area contributed by atoms with Crippen molar-refractivity contribution >= 4 is 14.6 Å². The Hall–Kier alpha value is -3.29. The molecule has 6 rings (SSSR count). The fourth-order valence-electron chi connectivity index (χ4n) is 5.35. The summed E-state index contributed by atoms with van der Waals surface area (Å²) in [6.07, 6.45) is 11.0. The summed E-state index contributed by atoms with van der Waals surface area (Å²) in [5.41, 5.74) is 10.8. The molecule has 2 aliphatic rings. The summed E-state index contributed by atoms with van der Waals surface area (Å²) in [4.78, 5) is 4.78. The van der Waals surface area contributed by atoms with Crippen LogP contribution in [0.25, 0.3) is 11.1 Å². The first-order chi connectivity index (χ1) is 20.6. The molecular formula is C39H42N2Zr. The molecule has 4 aromatic rings.